The van der Waals surface area contributed by atoms with E-state index in [1.807, 2.05) is 0 Å². The molecule has 2 heteroatoms. The van der Waals surface area contributed by atoms with Crippen LogP contribution < -0.4 is 15.9 Å². The van der Waals surface area contributed by atoms with Crippen LogP contribution in [0.2, 0.25) is 0 Å². The van der Waals surface area contributed by atoms with Gasteiger partial charge in [-0.2, -0.15) is 0 Å². The second kappa shape index (κ2) is 8.27. The SMILES string of the molecule is Cc1ccc(CP(Cl)(c2cccc(C)c2)(c2cccc(C)c2)c2cccc(C)c2)cc1. The van der Waals surface area contributed by atoms with Gasteiger partial charge in [0.1, 0.15) is 0 Å². The molecule has 4 aromatic rings. The molecule has 4 rings (SSSR count). The molecule has 0 radical (unpaired) electrons. The molecule has 0 saturated heterocycles. The van der Waals surface area contributed by atoms with E-state index in [0.717, 1.165) is 6.16 Å². The summed E-state index contributed by atoms with van der Waals surface area (Å²) in [5.41, 5.74) is 6.23. The molecule has 0 unspecified atom stereocenters. The molecular weight excluding hydrogens is 415 g/mol. The Balaban J connectivity index is 2.14. The Morgan fingerprint density at radius 1 is 0.516 bits per heavy atom. The molecule has 0 aliphatic carbocycles. The van der Waals surface area contributed by atoms with Gasteiger partial charge in [0.05, 0.1) is 0 Å². The molecule has 0 N–H and O–H groups in total. The van der Waals surface area contributed by atoms with Crippen molar-refractivity contribution in [1.82, 2.24) is 0 Å². The van der Waals surface area contributed by atoms with Crippen LogP contribution in [0.1, 0.15) is 27.8 Å². The molecule has 31 heavy (non-hydrogen) atoms. The van der Waals surface area contributed by atoms with Gasteiger partial charge in [-0.05, 0) is 0 Å². The van der Waals surface area contributed by atoms with Crippen LogP contribution in [0.5, 0.6) is 0 Å². The number of rotatable bonds is 5. The molecule has 0 amide bonds. The molecule has 0 saturated carbocycles. The van der Waals surface area contributed by atoms with Gasteiger partial charge >= 0.3 is 192 Å². The predicted molar refractivity (Wildman–Crippen MR) is 140 cm³/mol. The molecule has 0 aliphatic heterocycles. The third-order valence-corrected chi connectivity index (χ3v) is 13.4. The van der Waals surface area contributed by atoms with Gasteiger partial charge in [0.2, 0.25) is 0 Å². The van der Waals surface area contributed by atoms with Crippen molar-refractivity contribution in [3.63, 3.8) is 0 Å². The molecule has 158 valence electrons. The summed E-state index contributed by atoms with van der Waals surface area (Å²) in [5.74, 6) is -3.33. The summed E-state index contributed by atoms with van der Waals surface area (Å²) >= 11 is 8.29. The average molecular weight is 445 g/mol. The maximum atomic E-state index is 8.29. The summed E-state index contributed by atoms with van der Waals surface area (Å²) in [6.45, 7) is 8.59. The molecular formula is C29H30ClP. The van der Waals surface area contributed by atoms with E-state index in [1.165, 1.54) is 43.7 Å². The molecule has 0 aliphatic rings. The second-order valence-electron chi connectivity index (χ2n) is 8.84. The quantitative estimate of drug-likeness (QED) is 0.288. The van der Waals surface area contributed by atoms with E-state index in [-0.39, 0.29) is 0 Å². The third kappa shape index (κ3) is 3.96. The van der Waals surface area contributed by atoms with E-state index in [1.54, 1.807) is 0 Å². The van der Waals surface area contributed by atoms with Gasteiger partial charge in [-0.1, -0.05) is 0 Å². The van der Waals surface area contributed by atoms with Gasteiger partial charge in [0, 0.05) is 0 Å². The predicted octanol–water partition coefficient (Wildman–Crippen LogP) is 7.10. The fourth-order valence-electron chi connectivity index (χ4n) is 4.51. The van der Waals surface area contributed by atoms with E-state index in [2.05, 4.69) is 125 Å². The summed E-state index contributed by atoms with van der Waals surface area (Å²) in [6, 6.07) is 35.3. The van der Waals surface area contributed by atoms with Crippen molar-refractivity contribution < 1.29 is 0 Å². The first-order valence-corrected chi connectivity index (χ1v) is 14.1. The molecule has 0 spiro atoms. The van der Waals surface area contributed by atoms with Crippen LogP contribution in [0, 0.1) is 27.7 Å². The van der Waals surface area contributed by atoms with Crippen LogP contribution in [-0.4, -0.2) is 0 Å². The molecule has 0 heterocycles. The molecule has 0 aromatic heterocycles. The zero-order valence-corrected chi connectivity index (χ0v) is 20.4. The Kier molecular flexibility index (Phi) is 5.82. The van der Waals surface area contributed by atoms with Crippen LogP contribution in [0.3, 0.4) is 0 Å². The van der Waals surface area contributed by atoms with Crippen molar-refractivity contribution in [3.05, 3.63) is 125 Å². The van der Waals surface area contributed by atoms with Gasteiger partial charge in [0.15, 0.2) is 0 Å². The topological polar surface area (TPSA) is 0 Å². The van der Waals surface area contributed by atoms with Crippen molar-refractivity contribution in [1.29, 1.82) is 0 Å². The number of hydrogen-bond acceptors (Lipinski definition) is 0. The number of halogens is 1. The number of hydrogen-bond donors (Lipinski definition) is 0. The molecule has 4 aromatic carbocycles. The zero-order chi connectivity index (χ0) is 22.1. The summed E-state index contributed by atoms with van der Waals surface area (Å²) in [6.07, 6.45) is 0.782. The van der Waals surface area contributed by atoms with E-state index >= 15 is 0 Å². The van der Waals surface area contributed by atoms with Gasteiger partial charge in [-0.25, -0.2) is 0 Å². The van der Waals surface area contributed by atoms with Crippen molar-refractivity contribution in [3.8, 4) is 0 Å². The van der Waals surface area contributed by atoms with E-state index in [9.17, 15) is 0 Å². The van der Waals surface area contributed by atoms with E-state index in [4.69, 9.17) is 11.2 Å². The van der Waals surface area contributed by atoms with Crippen molar-refractivity contribution >= 4 is 33.1 Å². The first-order valence-electron chi connectivity index (χ1n) is 10.8. The van der Waals surface area contributed by atoms with Gasteiger partial charge in [-0.15, -0.1) is 0 Å². The summed E-state index contributed by atoms with van der Waals surface area (Å²) in [4.78, 5) is 0. The second-order valence-corrected chi connectivity index (χ2v) is 15.3. The summed E-state index contributed by atoms with van der Waals surface area (Å²) in [7, 11) is 0. The Hall–Kier alpha value is -2.40. The van der Waals surface area contributed by atoms with Crippen LogP contribution in [-0.2, 0) is 6.16 Å². The maximum absolute atomic E-state index is 8.29. The standard InChI is InChI=1S/C29H30ClP/c1-22-14-16-26(17-15-22)21-31(30,27-11-5-8-23(2)18-27,28-12-6-9-24(3)19-28)29-13-7-10-25(4)20-29/h5-20H,21H2,1-4H3. The Morgan fingerprint density at radius 2 is 0.903 bits per heavy atom. The monoisotopic (exact) mass is 444 g/mol. The van der Waals surface area contributed by atoms with Crippen LogP contribution in [0.4, 0.5) is 0 Å². The van der Waals surface area contributed by atoms with Crippen molar-refractivity contribution in [2.45, 2.75) is 33.9 Å². The van der Waals surface area contributed by atoms with Gasteiger partial charge in [0.25, 0.3) is 0 Å². The minimum atomic E-state index is -3.33. The summed E-state index contributed by atoms with van der Waals surface area (Å²) < 4.78 is 0. The molecule has 0 atom stereocenters. The van der Waals surface area contributed by atoms with Crippen molar-refractivity contribution in [2.75, 3.05) is 0 Å². The Bertz CT molecular complexity index is 1110. The summed E-state index contributed by atoms with van der Waals surface area (Å²) in [5, 5.41) is 3.68. The van der Waals surface area contributed by atoms with E-state index in [0.29, 0.717) is 0 Å². The molecule has 0 fully saturated rings. The number of benzene rings is 4. The number of aryl methyl sites for hydroxylation is 4. The zero-order valence-electron chi connectivity index (χ0n) is 18.8. The normalized spacial score (nSPS) is 12.9. The fraction of sp³-hybridized carbons (Fsp3) is 0.172. The third-order valence-electron chi connectivity index (χ3n) is 6.22. The molecule has 0 nitrogen and oxygen atoms in total. The van der Waals surface area contributed by atoms with Gasteiger partial charge in [-0.3, -0.25) is 0 Å². The van der Waals surface area contributed by atoms with Crippen LogP contribution >= 0.6 is 17.2 Å². The van der Waals surface area contributed by atoms with Crippen molar-refractivity contribution in [2.24, 2.45) is 0 Å². The first-order chi connectivity index (χ1) is 14.8. The first kappa shape index (κ1) is 21.8. The van der Waals surface area contributed by atoms with Gasteiger partial charge < -0.3 is 0 Å². The Morgan fingerprint density at radius 3 is 1.26 bits per heavy atom. The van der Waals surface area contributed by atoms with Crippen LogP contribution in [0.25, 0.3) is 0 Å². The molecule has 0 bridgehead atoms. The fourth-order valence-corrected chi connectivity index (χ4v) is 10.8. The minimum absolute atomic E-state index is 0.782. The Labute approximate surface area is 191 Å². The van der Waals surface area contributed by atoms with E-state index < -0.39 is 5.96 Å². The average Bonchev–Trinajstić information content (AvgIpc) is 2.75. The van der Waals surface area contributed by atoms with Crippen LogP contribution in [0.15, 0.2) is 97.1 Å².